The lowest BCUT2D eigenvalue weighted by Gasteiger charge is -2.31. The smallest absolute Gasteiger partial charge is 0.325 e. The van der Waals surface area contributed by atoms with E-state index in [0.29, 0.717) is 18.5 Å². The highest BCUT2D eigenvalue weighted by molar-refractivity contribution is 7.89. The lowest BCUT2D eigenvalue weighted by molar-refractivity contribution is -0.120. The number of nitrogens with zero attached hydrogens (tertiary/aromatic N) is 1. The summed E-state index contributed by atoms with van der Waals surface area (Å²) >= 11 is 0. The summed E-state index contributed by atoms with van der Waals surface area (Å²) in [7, 11) is -4.15. The van der Waals surface area contributed by atoms with Crippen molar-refractivity contribution >= 4 is 21.6 Å². The number of aromatic nitrogens is 2. The van der Waals surface area contributed by atoms with Crippen molar-refractivity contribution in [1.29, 1.82) is 0 Å². The molecule has 3 rings (SSSR count). The normalized spacial score (nSPS) is 17.8. The summed E-state index contributed by atoms with van der Waals surface area (Å²) in [5.74, 6) is -0.800. The van der Waals surface area contributed by atoms with E-state index in [4.69, 9.17) is 0 Å². The van der Waals surface area contributed by atoms with E-state index >= 15 is 0 Å². The number of H-pyrrole nitrogens is 2. The monoisotopic (exact) mass is 420 g/mol. The Kier molecular flexibility index (Phi) is 5.76. The maximum absolute atomic E-state index is 13.0. The summed E-state index contributed by atoms with van der Waals surface area (Å²) < 4.78 is 27.2. The third-order valence-electron chi connectivity index (χ3n) is 5.29. The largest absolute Gasteiger partial charge is 0.326 e. The number of hydrogen-bond donors (Lipinski definition) is 3. The maximum Gasteiger partial charge on any atom is 0.325 e. The second kappa shape index (κ2) is 7.96. The Hall–Kier alpha value is -2.72. The van der Waals surface area contributed by atoms with Gasteiger partial charge in [0, 0.05) is 24.5 Å². The van der Waals surface area contributed by atoms with Gasteiger partial charge in [-0.15, -0.1) is 0 Å². The average molecular weight is 420 g/mol. The van der Waals surface area contributed by atoms with Crippen LogP contribution < -0.4 is 16.6 Å². The number of piperidine rings is 1. The van der Waals surface area contributed by atoms with Crippen molar-refractivity contribution in [3.63, 3.8) is 0 Å². The summed E-state index contributed by atoms with van der Waals surface area (Å²) in [5, 5.41) is 2.89. The Morgan fingerprint density at radius 3 is 2.59 bits per heavy atom. The van der Waals surface area contributed by atoms with Crippen molar-refractivity contribution in [1.82, 2.24) is 14.3 Å². The third-order valence-corrected chi connectivity index (χ3v) is 7.31. The van der Waals surface area contributed by atoms with Gasteiger partial charge in [-0.3, -0.25) is 14.6 Å². The first-order valence-electron chi connectivity index (χ1n) is 9.31. The molecule has 2 heterocycles. The molecule has 0 radical (unpaired) electrons. The number of benzene rings is 1. The SMILES string of the molecule is Cc1cccc(NC(=O)[C@H]2CCCN(S(=O)(=O)c3c(C)[nH]c(=O)[nH]c3=O)C2)c1C. The van der Waals surface area contributed by atoms with Crippen LogP contribution in [0.4, 0.5) is 5.69 Å². The molecule has 10 heteroatoms. The molecule has 9 nitrogen and oxygen atoms in total. The molecule has 1 aliphatic rings. The maximum atomic E-state index is 13.0. The van der Waals surface area contributed by atoms with Crippen molar-refractivity contribution in [2.75, 3.05) is 18.4 Å². The fourth-order valence-electron chi connectivity index (χ4n) is 3.52. The van der Waals surface area contributed by atoms with E-state index in [1.165, 1.54) is 6.92 Å². The number of anilines is 1. The lowest BCUT2D eigenvalue weighted by atomic mass is 9.98. The summed E-state index contributed by atoms with van der Waals surface area (Å²) in [6, 6.07) is 5.60. The minimum atomic E-state index is -4.15. The minimum Gasteiger partial charge on any atom is -0.326 e. The molecule has 1 fully saturated rings. The van der Waals surface area contributed by atoms with Gasteiger partial charge in [-0.1, -0.05) is 12.1 Å². The number of aryl methyl sites for hydroxylation is 2. The van der Waals surface area contributed by atoms with Gasteiger partial charge in [-0.25, -0.2) is 13.2 Å². The lowest BCUT2D eigenvalue weighted by Crippen LogP contribution is -2.45. The average Bonchev–Trinajstić information content (AvgIpc) is 2.64. The van der Waals surface area contributed by atoms with Crippen LogP contribution in [0, 0.1) is 26.7 Å². The summed E-state index contributed by atoms with van der Waals surface area (Å²) in [6.45, 7) is 5.39. The van der Waals surface area contributed by atoms with Gasteiger partial charge in [0.2, 0.25) is 15.9 Å². The van der Waals surface area contributed by atoms with E-state index in [1.807, 2.05) is 31.0 Å². The molecular formula is C19H24N4O5S. The molecule has 1 amide bonds. The van der Waals surface area contributed by atoms with E-state index in [2.05, 4.69) is 10.3 Å². The molecule has 29 heavy (non-hydrogen) atoms. The molecule has 0 aliphatic carbocycles. The number of carbonyl (C=O) groups excluding carboxylic acids is 1. The van der Waals surface area contributed by atoms with Crippen LogP contribution in [-0.4, -0.2) is 41.7 Å². The molecule has 1 aliphatic heterocycles. The number of nitrogens with one attached hydrogen (secondary N) is 3. The van der Waals surface area contributed by atoms with Gasteiger partial charge in [-0.05, 0) is 50.8 Å². The molecule has 1 aromatic heterocycles. The van der Waals surface area contributed by atoms with Gasteiger partial charge in [0.25, 0.3) is 5.56 Å². The third kappa shape index (κ3) is 4.18. The first-order chi connectivity index (χ1) is 13.6. The Morgan fingerprint density at radius 2 is 1.90 bits per heavy atom. The molecule has 0 saturated carbocycles. The van der Waals surface area contributed by atoms with Gasteiger partial charge in [0.05, 0.1) is 5.92 Å². The van der Waals surface area contributed by atoms with Gasteiger partial charge < -0.3 is 10.3 Å². The van der Waals surface area contributed by atoms with E-state index in [0.717, 1.165) is 15.4 Å². The zero-order valence-corrected chi connectivity index (χ0v) is 17.4. The highest BCUT2D eigenvalue weighted by Gasteiger charge is 2.36. The zero-order valence-electron chi connectivity index (χ0n) is 16.5. The van der Waals surface area contributed by atoms with Crippen LogP contribution in [0.2, 0.25) is 0 Å². The van der Waals surface area contributed by atoms with E-state index in [1.54, 1.807) is 6.07 Å². The summed E-state index contributed by atoms with van der Waals surface area (Å²) in [6.07, 6.45) is 1.04. The van der Waals surface area contributed by atoms with Crippen LogP contribution in [0.15, 0.2) is 32.7 Å². The van der Waals surface area contributed by atoms with Crippen molar-refractivity contribution in [3.05, 3.63) is 55.9 Å². The second-order valence-electron chi connectivity index (χ2n) is 7.30. The van der Waals surface area contributed by atoms with Crippen molar-refractivity contribution in [3.8, 4) is 0 Å². The summed E-state index contributed by atoms with van der Waals surface area (Å²) in [4.78, 5) is 40.0. The first kappa shape index (κ1) is 21.0. The molecular weight excluding hydrogens is 396 g/mol. The summed E-state index contributed by atoms with van der Waals surface area (Å²) in [5.41, 5.74) is 0.938. The number of carbonyl (C=O) groups is 1. The molecule has 3 N–H and O–H groups in total. The fourth-order valence-corrected chi connectivity index (χ4v) is 5.25. The van der Waals surface area contributed by atoms with Gasteiger partial charge in [-0.2, -0.15) is 4.31 Å². The molecule has 156 valence electrons. The van der Waals surface area contributed by atoms with Gasteiger partial charge in [0.1, 0.15) is 0 Å². The van der Waals surface area contributed by atoms with Crippen molar-refractivity contribution < 1.29 is 13.2 Å². The van der Waals surface area contributed by atoms with Crippen LogP contribution in [0.25, 0.3) is 0 Å². The molecule has 0 spiro atoms. The van der Waals surface area contributed by atoms with Crippen molar-refractivity contribution in [2.24, 2.45) is 5.92 Å². The highest BCUT2D eigenvalue weighted by Crippen LogP contribution is 2.25. The molecule has 0 bridgehead atoms. The van der Waals surface area contributed by atoms with E-state index < -0.39 is 32.1 Å². The first-order valence-corrected chi connectivity index (χ1v) is 10.8. The molecule has 2 aromatic rings. The van der Waals surface area contributed by atoms with Crippen LogP contribution in [0.5, 0.6) is 0 Å². The number of aromatic amines is 2. The Labute approximate surface area is 168 Å². The van der Waals surface area contributed by atoms with Gasteiger partial charge in [0.15, 0.2) is 4.90 Å². The Bertz CT molecular complexity index is 1170. The van der Waals surface area contributed by atoms with E-state index in [-0.39, 0.29) is 24.7 Å². The number of rotatable bonds is 4. The van der Waals surface area contributed by atoms with Crippen LogP contribution >= 0.6 is 0 Å². The minimum absolute atomic E-state index is 0.0271. The second-order valence-corrected chi connectivity index (χ2v) is 9.18. The quantitative estimate of drug-likeness (QED) is 0.680. The van der Waals surface area contributed by atoms with Crippen LogP contribution in [0.1, 0.15) is 29.7 Å². The molecule has 1 aromatic carbocycles. The standard InChI is InChI=1S/C19H24N4O5S/c1-11-6-4-8-15(12(11)2)21-17(24)14-7-5-9-23(10-14)29(27,28)16-13(3)20-19(26)22-18(16)25/h4,6,8,14H,5,7,9-10H2,1-3H3,(H,21,24)(H2,20,22,25,26)/t14-/m0/s1. The predicted molar refractivity (Wildman–Crippen MR) is 108 cm³/mol. The topological polar surface area (TPSA) is 132 Å². The Morgan fingerprint density at radius 1 is 1.17 bits per heavy atom. The van der Waals surface area contributed by atoms with Crippen molar-refractivity contribution in [2.45, 2.75) is 38.5 Å². The predicted octanol–water partition coefficient (Wildman–Crippen LogP) is 1.03. The van der Waals surface area contributed by atoms with Gasteiger partial charge >= 0.3 is 5.69 Å². The zero-order chi connectivity index (χ0) is 21.3. The number of hydrogen-bond acceptors (Lipinski definition) is 5. The molecule has 1 saturated heterocycles. The molecule has 0 unspecified atom stereocenters. The van der Waals surface area contributed by atoms with E-state index in [9.17, 15) is 22.8 Å². The molecule has 1 atom stereocenters. The Balaban J connectivity index is 1.83. The number of sulfonamides is 1. The fraction of sp³-hybridized carbons (Fsp3) is 0.421. The van der Waals surface area contributed by atoms with Crippen LogP contribution in [-0.2, 0) is 14.8 Å². The number of amides is 1. The highest BCUT2D eigenvalue weighted by atomic mass is 32.2. The van der Waals surface area contributed by atoms with Crippen LogP contribution in [0.3, 0.4) is 0 Å².